The first-order valence-corrected chi connectivity index (χ1v) is 5.50. The first kappa shape index (κ1) is 11.1. The number of pyridine rings is 1. The first-order valence-electron chi connectivity index (χ1n) is 5.13. The Labute approximate surface area is 100 Å². The molecule has 0 aliphatic carbocycles. The maximum atomic E-state index is 6.20. The van der Waals surface area contributed by atoms with Crippen LogP contribution < -0.4 is 5.73 Å². The Hall–Kier alpha value is -1.38. The van der Waals surface area contributed by atoms with Crippen molar-refractivity contribution >= 4 is 11.6 Å². The fourth-order valence-corrected chi connectivity index (χ4v) is 1.92. The molecule has 16 heavy (non-hydrogen) atoms. The smallest absolute Gasteiger partial charge is 0.0890 e. The molecule has 82 valence electrons. The molecule has 2 rings (SSSR count). The fourth-order valence-electron chi connectivity index (χ4n) is 1.63. The Kier molecular flexibility index (Phi) is 3.22. The molecule has 0 amide bonds. The predicted molar refractivity (Wildman–Crippen MR) is 67.3 cm³/mol. The van der Waals surface area contributed by atoms with E-state index in [9.17, 15) is 0 Å². The number of rotatable bonds is 2. The average molecular weight is 233 g/mol. The summed E-state index contributed by atoms with van der Waals surface area (Å²) in [6.45, 7) is 2.50. The largest absolute Gasteiger partial charge is 0.326 e. The summed E-state index contributed by atoms with van der Waals surface area (Å²) in [5.41, 5.74) is 9.53. The van der Waals surface area contributed by atoms with Gasteiger partial charge < -0.3 is 5.73 Å². The highest BCUT2D eigenvalue weighted by atomic mass is 35.5. The van der Waals surface area contributed by atoms with Crippen LogP contribution in [0.3, 0.4) is 0 Å². The van der Waals surface area contributed by atoms with Crippen molar-refractivity contribution in [3.05, 3.63) is 52.7 Å². The Balaban J connectivity index is 2.53. The van der Waals surface area contributed by atoms with Gasteiger partial charge in [0.25, 0.3) is 0 Å². The summed E-state index contributed by atoms with van der Waals surface area (Å²) in [6, 6.07) is 9.92. The van der Waals surface area contributed by atoms with Crippen LogP contribution in [0.1, 0.15) is 11.1 Å². The zero-order valence-electron chi connectivity index (χ0n) is 9.07. The Morgan fingerprint density at radius 3 is 2.69 bits per heavy atom. The van der Waals surface area contributed by atoms with Gasteiger partial charge in [0.1, 0.15) is 0 Å². The minimum atomic E-state index is 0.459. The lowest BCUT2D eigenvalue weighted by Crippen LogP contribution is -1.98. The maximum Gasteiger partial charge on any atom is 0.0890 e. The lowest BCUT2D eigenvalue weighted by atomic mass is 10.0. The van der Waals surface area contributed by atoms with Gasteiger partial charge in [-0.2, -0.15) is 0 Å². The normalized spacial score (nSPS) is 10.4. The summed E-state index contributed by atoms with van der Waals surface area (Å²) in [5, 5.41) is 0.650. The second kappa shape index (κ2) is 4.64. The topological polar surface area (TPSA) is 38.9 Å². The minimum absolute atomic E-state index is 0.459. The van der Waals surface area contributed by atoms with E-state index in [2.05, 4.69) is 4.98 Å². The van der Waals surface area contributed by atoms with Crippen LogP contribution in [0.5, 0.6) is 0 Å². The van der Waals surface area contributed by atoms with Crippen molar-refractivity contribution < 1.29 is 0 Å². The molecule has 1 aromatic carbocycles. The maximum absolute atomic E-state index is 6.20. The van der Waals surface area contributed by atoms with Gasteiger partial charge in [0.2, 0.25) is 0 Å². The van der Waals surface area contributed by atoms with Crippen molar-refractivity contribution in [1.82, 2.24) is 4.98 Å². The average Bonchev–Trinajstić information content (AvgIpc) is 2.30. The van der Waals surface area contributed by atoms with Crippen molar-refractivity contribution in [3.63, 3.8) is 0 Å². The minimum Gasteiger partial charge on any atom is -0.326 e. The van der Waals surface area contributed by atoms with Crippen molar-refractivity contribution in [2.75, 3.05) is 0 Å². The van der Waals surface area contributed by atoms with Crippen molar-refractivity contribution in [3.8, 4) is 11.3 Å². The van der Waals surface area contributed by atoms with Gasteiger partial charge in [-0.1, -0.05) is 35.9 Å². The van der Waals surface area contributed by atoms with Crippen LogP contribution in [-0.4, -0.2) is 4.98 Å². The third-order valence-corrected chi connectivity index (χ3v) is 2.82. The van der Waals surface area contributed by atoms with Crippen LogP contribution in [0, 0.1) is 6.92 Å². The summed E-state index contributed by atoms with van der Waals surface area (Å²) in [4.78, 5) is 4.37. The third-order valence-electron chi connectivity index (χ3n) is 2.53. The van der Waals surface area contributed by atoms with Gasteiger partial charge in [-0.05, 0) is 24.1 Å². The highest BCUT2D eigenvalue weighted by molar-refractivity contribution is 6.33. The van der Waals surface area contributed by atoms with Gasteiger partial charge in [-0.3, -0.25) is 4.98 Å². The molecule has 0 aliphatic heterocycles. The second-order valence-electron chi connectivity index (χ2n) is 3.69. The van der Waals surface area contributed by atoms with E-state index >= 15 is 0 Å². The number of hydrogen-bond acceptors (Lipinski definition) is 2. The molecule has 0 spiro atoms. The summed E-state index contributed by atoms with van der Waals surface area (Å²) in [7, 11) is 0. The molecule has 2 aromatic rings. The van der Waals surface area contributed by atoms with E-state index < -0.39 is 0 Å². The fraction of sp³-hybridized carbons (Fsp3) is 0.154. The number of nitrogens with zero attached hydrogens (tertiary/aromatic N) is 1. The standard InChI is InChI=1S/C13H13ClN2/c1-9-4-2-3-5-11(9)13-12(14)6-10(7-15)8-16-13/h2-6,8H,7,15H2,1H3. The van der Waals surface area contributed by atoms with Crippen molar-refractivity contribution in [2.24, 2.45) is 5.73 Å². The lowest BCUT2D eigenvalue weighted by molar-refractivity contribution is 1.05. The van der Waals surface area contributed by atoms with Crippen LogP contribution in [0.25, 0.3) is 11.3 Å². The SMILES string of the molecule is Cc1ccccc1-c1ncc(CN)cc1Cl. The Morgan fingerprint density at radius 2 is 2.06 bits per heavy atom. The van der Waals surface area contributed by atoms with Gasteiger partial charge >= 0.3 is 0 Å². The van der Waals surface area contributed by atoms with Crippen LogP contribution >= 0.6 is 11.6 Å². The van der Waals surface area contributed by atoms with Crippen molar-refractivity contribution in [2.45, 2.75) is 13.5 Å². The van der Waals surface area contributed by atoms with Gasteiger partial charge in [-0.25, -0.2) is 0 Å². The number of aromatic nitrogens is 1. The summed E-state index contributed by atoms with van der Waals surface area (Å²) < 4.78 is 0. The molecule has 0 atom stereocenters. The van der Waals surface area contributed by atoms with Gasteiger partial charge in [-0.15, -0.1) is 0 Å². The first-order chi connectivity index (χ1) is 7.72. The number of nitrogens with two attached hydrogens (primary N) is 1. The van der Waals surface area contributed by atoms with Crippen LogP contribution in [0.4, 0.5) is 0 Å². The monoisotopic (exact) mass is 232 g/mol. The lowest BCUT2D eigenvalue weighted by Gasteiger charge is -2.07. The third kappa shape index (κ3) is 2.08. The van der Waals surface area contributed by atoms with Gasteiger partial charge in [0, 0.05) is 18.3 Å². The molecule has 1 heterocycles. The van der Waals surface area contributed by atoms with E-state index in [1.165, 1.54) is 0 Å². The number of aryl methyl sites for hydroxylation is 1. The molecule has 0 aliphatic rings. The van der Waals surface area contributed by atoms with Crippen LogP contribution in [0.2, 0.25) is 5.02 Å². The van der Waals surface area contributed by atoms with Gasteiger partial charge in [0.05, 0.1) is 10.7 Å². The van der Waals surface area contributed by atoms with Gasteiger partial charge in [0.15, 0.2) is 0 Å². The zero-order valence-corrected chi connectivity index (χ0v) is 9.83. The molecule has 0 saturated heterocycles. The molecule has 0 fully saturated rings. The summed E-state index contributed by atoms with van der Waals surface area (Å²) in [6.07, 6.45) is 1.77. The number of benzene rings is 1. The number of halogens is 1. The second-order valence-corrected chi connectivity index (χ2v) is 4.10. The molecule has 0 radical (unpaired) electrons. The van der Waals surface area contributed by atoms with E-state index in [0.29, 0.717) is 11.6 Å². The molecule has 1 aromatic heterocycles. The highest BCUT2D eigenvalue weighted by Gasteiger charge is 2.07. The Morgan fingerprint density at radius 1 is 1.31 bits per heavy atom. The van der Waals surface area contributed by atoms with E-state index in [4.69, 9.17) is 17.3 Å². The molecule has 0 saturated carbocycles. The van der Waals surface area contributed by atoms with E-state index in [0.717, 1.165) is 22.4 Å². The van der Waals surface area contributed by atoms with E-state index in [1.54, 1.807) is 6.20 Å². The van der Waals surface area contributed by atoms with Crippen molar-refractivity contribution in [1.29, 1.82) is 0 Å². The van der Waals surface area contributed by atoms with E-state index in [-0.39, 0.29) is 0 Å². The molecule has 2 N–H and O–H groups in total. The molecular formula is C13H13ClN2. The Bertz CT molecular complexity index is 509. The predicted octanol–water partition coefficient (Wildman–Crippen LogP) is 3.17. The quantitative estimate of drug-likeness (QED) is 0.864. The number of hydrogen-bond donors (Lipinski definition) is 1. The van der Waals surface area contributed by atoms with Crippen LogP contribution in [-0.2, 0) is 6.54 Å². The molecule has 0 unspecified atom stereocenters. The highest BCUT2D eigenvalue weighted by Crippen LogP contribution is 2.28. The van der Waals surface area contributed by atoms with E-state index in [1.807, 2.05) is 37.3 Å². The molecule has 2 nitrogen and oxygen atoms in total. The molecular weight excluding hydrogens is 220 g/mol. The molecule has 0 bridgehead atoms. The molecule has 3 heteroatoms. The van der Waals surface area contributed by atoms with Crippen LogP contribution in [0.15, 0.2) is 36.5 Å². The summed E-state index contributed by atoms with van der Waals surface area (Å²) in [5.74, 6) is 0. The summed E-state index contributed by atoms with van der Waals surface area (Å²) >= 11 is 6.20. The zero-order chi connectivity index (χ0) is 11.5.